The zero-order valence-electron chi connectivity index (χ0n) is 9.90. The minimum Gasteiger partial charge on any atom is -0.426 e. The molecule has 0 aliphatic rings. The van der Waals surface area contributed by atoms with E-state index in [1.165, 1.54) is 0 Å². The summed E-state index contributed by atoms with van der Waals surface area (Å²) in [6, 6.07) is 2.42. The monoisotopic (exact) mass is 314 g/mol. The lowest BCUT2D eigenvalue weighted by molar-refractivity contribution is -0.387. The van der Waals surface area contributed by atoms with Crippen molar-refractivity contribution in [1.29, 1.82) is 0 Å². The number of hydrogen-bond donors (Lipinski definition) is 0. The average molecular weight is 315 g/mol. The van der Waals surface area contributed by atoms with Crippen LogP contribution in [0.3, 0.4) is 0 Å². The second-order valence-corrected chi connectivity index (χ2v) is 3.90. The van der Waals surface area contributed by atoms with Gasteiger partial charge in [-0.1, -0.05) is 0 Å². The van der Waals surface area contributed by atoms with Gasteiger partial charge in [0.05, 0.1) is 9.85 Å². The number of aromatic nitrogens is 2. The highest BCUT2D eigenvalue weighted by Gasteiger charge is 2.24. The summed E-state index contributed by atoms with van der Waals surface area (Å²) in [6.45, 7) is 0. The summed E-state index contributed by atoms with van der Waals surface area (Å²) in [4.78, 5) is 26.8. The summed E-state index contributed by atoms with van der Waals surface area (Å²) in [5.74, 6) is -2.00. The van der Waals surface area contributed by atoms with Crippen LogP contribution in [0.1, 0.15) is 0 Å². The first-order valence-corrected chi connectivity index (χ1v) is 5.55. The molecule has 1 aromatic carbocycles. The lowest BCUT2D eigenvalue weighted by atomic mass is 10.3. The normalized spacial score (nSPS) is 10.2. The lowest BCUT2D eigenvalue weighted by Gasteiger charge is -2.05. The molecule has 0 fully saturated rings. The fraction of sp³-hybridized carbons (Fsp3) is 0. The van der Waals surface area contributed by atoms with Gasteiger partial charge < -0.3 is 4.74 Å². The molecule has 1 heterocycles. The van der Waals surface area contributed by atoms with Crippen molar-refractivity contribution in [2.75, 3.05) is 0 Å². The first-order valence-electron chi connectivity index (χ1n) is 5.17. The average Bonchev–Trinajstić information content (AvgIpc) is 2.38. The van der Waals surface area contributed by atoms with E-state index in [-0.39, 0.29) is 5.28 Å². The third-order valence-corrected chi connectivity index (χ3v) is 2.41. The Hall–Kier alpha value is -2.88. The Morgan fingerprint density at radius 1 is 1.19 bits per heavy atom. The SMILES string of the molecule is O=[N+]([O-])c1ccc(F)cc1Oc1nc(Cl)ncc1[N+](=O)[O-]. The van der Waals surface area contributed by atoms with E-state index in [0.717, 1.165) is 18.3 Å². The molecule has 21 heavy (non-hydrogen) atoms. The van der Waals surface area contributed by atoms with Gasteiger partial charge in [0.1, 0.15) is 12.0 Å². The summed E-state index contributed by atoms with van der Waals surface area (Å²) in [5.41, 5.74) is -1.25. The molecule has 2 aromatic rings. The molecule has 0 aliphatic heterocycles. The van der Waals surface area contributed by atoms with Crippen LogP contribution < -0.4 is 4.74 Å². The van der Waals surface area contributed by atoms with E-state index < -0.39 is 38.7 Å². The zero-order chi connectivity index (χ0) is 15.6. The highest BCUT2D eigenvalue weighted by Crippen LogP contribution is 2.35. The van der Waals surface area contributed by atoms with E-state index >= 15 is 0 Å². The second-order valence-electron chi connectivity index (χ2n) is 3.56. The van der Waals surface area contributed by atoms with Gasteiger partial charge in [-0.2, -0.15) is 4.98 Å². The van der Waals surface area contributed by atoms with Gasteiger partial charge in [-0.3, -0.25) is 20.2 Å². The van der Waals surface area contributed by atoms with E-state index in [4.69, 9.17) is 16.3 Å². The highest BCUT2D eigenvalue weighted by atomic mass is 35.5. The van der Waals surface area contributed by atoms with Crippen molar-refractivity contribution in [3.63, 3.8) is 0 Å². The molecule has 0 amide bonds. The number of nitro groups is 2. The standard InChI is InChI=1S/C10H4ClFN4O5/c11-10-13-4-7(16(19)20)9(14-10)21-8-3-5(12)1-2-6(8)15(17)18/h1-4H. The molecule has 0 aliphatic carbocycles. The number of nitro benzene ring substituents is 1. The number of benzene rings is 1. The highest BCUT2D eigenvalue weighted by molar-refractivity contribution is 6.28. The molecule has 0 bridgehead atoms. The van der Waals surface area contributed by atoms with Crippen LogP contribution >= 0.6 is 11.6 Å². The summed E-state index contributed by atoms with van der Waals surface area (Å²) in [7, 11) is 0. The van der Waals surface area contributed by atoms with Gasteiger partial charge in [-0.05, 0) is 17.7 Å². The molecule has 0 unspecified atom stereocenters. The van der Waals surface area contributed by atoms with E-state index in [2.05, 4.69) is 9.97 Å². The Bertz CT molecular complexity index is 680. The minimum atomic E-state index is -0.864. The fourth-order valence-corrected chi connectivity index (χ4v) is 1.49. The maximum Gasteiger partial charge on any atom is 0.349 e. The minimum absolute atomic E-state index is 0.366. The van der Waals surface area contributed by atoms with Crippen LogP contribution in [-0.4, -0.2) is 19.8 Å². The largest absolute Gasteiger partial charge is 0.426 e. The van der Waals surface area contributed by atoms with Crippen LogP contribution in [-0.2, 0) is 0 Å². The molecule has 0 saturated carbocycles. The number of hydrogen-bond acceptors (Lipinski definition) is 7. The lowest BCUT2D eigenvalue weighted by Crippen LogP contribution is -2.00. The van der Waals surface area contributed by atoms with Crippen LogP contribution in [0.5, 0.6) is 11.6 Å². The first-order chi connectivity index (χ1) is 9.88. The van der Waals surface area contributed by atoms with Crippen LogP contribution in [0.25, 0.3) is 0 Å². The van der Waals surface area contributed by atoms with Crippen molar-refractivity contribution in [3.8, 4) is 11.6 Å². The predicted octanol–water partition coefficient (Wildman–Crippen LogP) is 2.88. The topological polar surface area (TPSA) is 121 Å². The quantitative estimate of drug-likeness (QED) is 0.483. The van der Waals surface area contributed by atoms with E-state index in [9.17, 15) is 24.6 Å². The van der Waals surface area contributed by atoms with Gasteiger partial charge in [0, 0.05) is 12.1 Å². The van der Waals surface area contributed by atoms with Crippen molar-refractivity contribution >= 4 is 23.0 Å². The van der Waals surface area contributed by atoms with Crippen molar-refractivity contribution in [1.82, 2.24) is 9.97 Å². The molecule has 0 atom stereocenters. The van der Waals surface area contributed by atoms with Crippen molar-refractivity contribution in [2.45, 2.75) is 0 Å². The molecule has 0 radical (unpaired) electrons. The maximum atomic E-state index is 13.2. The molecule has 108 valence electrons. The molecule has 0 spiro atoms. The Morgan fingerprint density at radius 2 is 1.86 bits per heavy atom. The van der Waals surface area contributed by atoms with E-state index in [0.29, 0.717) is 6.07 Å². The molecule has 0 saturated heterocycles. The number of ether oxygens (including phenoxy) is 1. The van der Waals surface area contributed by atoms with Gasteiger partial charge in [-0.25, -0.2) is 9.37 Å². The second kappa shape index (κ2) is 5.63. The van der Waals surface area contributed by atoms with Gasteiger partial charge in [0.2, 0.25) is 11.0 Å². The van der Waals surface area contributed by atoms with Crippen molar-refractivity contribution in [2.24, 2.45) is 0 Å². The number of nitrogens with zero attached hydrogens (tertiary/aromatic N) is 4. The number of halogens is 2. The van der Waals surface area contributed by atoms with Crippen molar-refractivity contribution < 1.29 is 19.0 Å². The summed E-state index contributed by atoms with van der Waals surface area (Å²) >= 11 is 5.49. The summed E-state index contributed by atoms with van der Waals surface area (Å²) in [6.07, 6.45) is 0.774. The fourth-order valence-electron chi connectivity index (χ4n) is 1.36. The summed E-state index contributed by atoms with van der Waals surface area (Å²) in [5, 5.41) is 21.3. The van der Waals surface area contributed by atoms with E-state index in [1.807, 2.05) is 0 Å². The van der Waals surface area contributed by atoms with Gasteiger partial charge >= 0.3 is 17.3 Å². The third kappa shape index (κ3) is 3.17. The number of rotatable bonds is 4. The van der Waals surface area contributed by atoms with Crippen LogP contribution in [0.4, 0.5) is 15.8 Å². The molecule has 9 nitrogen and oxygen atoms in total. The van der Waals surface area contributed by atoms with Crippen LogP contribution in [0.2, 0.25) is 5.28 Å². The Kier molecular flexibility index (Phi) is 3.89. The molecular weight excluding hydrogens is 311 g/mol. The Labute approximate surface area is 120 Å². The molecule has 11 heteroatoms. The van der Waals surface area contributed by atoms with Crippen LogP contribution in [0.15, 0.2) is 24.4 Å². The van der Waals surface area contributed by atoms with Gasteiger partial charge in [-0.15, -0.1) is 0 Å². The molecule has 0 N–H and O–H groups in total. The van der Waals surface area contributed by atoms with Gasteiger partial charge in [0.15, 0.2) is 0 Å². The first kappa shape index (κ1) is 14.5. The van der Waals surface area contributed by atoms with Gasteiger partial charge in [0.25, 0.3) is 0 Å². The van der Waals surface area contributed by atoms with Crippen LogP contribution in [0, 0.1) is 26.0 Å². The summed E-state index contributed by atoms with van der Waals surface area (Å²) < 4.78 is 18.1. The zero-order valence-corrected chi connectivity index (χ0v) is 10.7. The Morgan fingerprint density at radius 3 is 2.48 bits per heavy atom. The van der Waals surface area contributed by atoms with E-state index in [1.54, 1.807) is 0 Å². The molecule has 1 aromatic heterocycles. The smallest absolute Gasteiger partial charge is 0.349 e. The maximum absolute atomic E-state index is 13.2. The van der Waals surface area contributed by atoms with Crippen molar-refractivity contribution in [3.05, 3.63) is 55.7 Å². The Balaban J connectivity index is 2.52. The molecular formula is C10H4ClFN4O5. The molecule has 2 rings (SSSR count). The predicted molar refractivity (Wildman–Crippen MR) is 66.8 cm³/mol. The third-order valence-electron chi connectivity index (χ3n) is 2.23.